The molecule has 1 rings (SSSR count). The third-order valence-corrected chi connectivity index (χ3v) is 3.20. The second kappa shape index (κ2) is 8.04. The highest BCUT2D eigenvalue weighted by atomic mass is 79.9. The Labute approximate surface area is 111 Å². The van der Waals surface area contributed by atoms with Gasteiger partial charge in [-0.2, -0.15) is 0 Å². The second-order valence-electron chi connectivity index (χ2n) is 3.77. The van der Waals surface area contributed by atoms with Crippen LogP contribution in [0.25, 0.3) is 0 Å². The van der Waals surface area contributed by atoms with Crippen molar-refractivity contribution in [3.63, 3.8) is 0 Å². The van der Waals surface area contributed by atoms with Crippen LogP contribution in [-0.4, -0.2) is 0 Å². The second-order valence-corrected chi connectivity index (χ2v) is 4.62. The number of nitrogens with two attached hydrogens (primary N) is 1. The molecular weight excluding hydrogens is 292 g/mol. The van der Waals surface area contributed by atoms with Crippen LogP contribution in [0.2, 0.25) is 0 Å². The smallest absolute Gasteiger partial charge is 0.123 e. The van der Waals surface area contributed by atoms with Crippen molar-refractivity contribution in [3.05, 3.63) is 34.1 Å². The van der Waals surface area contributed by atoms with E-state index in [1.165, 1.54) is 25.0 Å². The lowest BCUT2D eigenvalue weighted by atomic mass is 10.0. The van der Waals surface area contributed by atoms with Gasteiger partial charge in [0.2, 0.25) is 0 Å². The monoisotopic (exact) mass is 309 g/mol. The number of hydrogen-bond acceptors (Lipinski definition) is 1. The Kier molecular flexibility index (Phi) is 7.98. The minimum Gasteiger partial charge on any atom is -0.324 e. The molecule has 0 amide bonds. The Balaban J connectivity index is 0.00000225. The van der Waals surface area contributed by atoms with Crippen LogP contribution in [0.4, 0.5) is 4.39 Å². The first-order chi connectivity index (χ1) is 7.15. The van der Waals surface area contributed by atoms with Gasteiger partial charge in [0.15, 0.2) is 0 Å². The summed E-state index contributed by atoms with van der Waals surface area (Å²) < 4.78 is 13.9. The maximum absolute atomic E-state index is 13.0. The van der Waals surface area contributed by atoms with Crippen LogP contribution in [0.3, 0.4) is 0 Å². The number of unbranched alkanes of at least 4 members (excludes halogenated alkanes) is 2. The van der Waals surface area contributed by atoms with E-state index in [2.05, 4.69) is 22.9 Å². The molecule has 0 heterocycles. The first-order valence-corrected chi connectivity index (χ1v) is 6.15. The van der Waals surface area contributed by atoms with Gasteiger partial charge in [-0.25, -0.2) is 4.39 Å². The molecule has 0 saturated heterocycles. The van der Waals surface area contributed by atoms with Gasteiger partial charge in [0.1, 0.15) is 5.82 Å². The van der Waals surface area contributed by atoms with Crippen LogP contribution in [0.1, 0.15) is 44.2 Å². The highest BCUT2D eigenvalue weighted by molar-refractivity contribution is 9.10. The molecule has 0 unspecified atom stereocenters. The van der Waals surface area contributed by atoms with Gasteiger partial charge in [-0.1, -0.05) is 42.1 Å². The zero-order chi connectivity index (χ0) is 11.3. The van der Waals surface area contributed by atoms with Crippen LogP contribution in [0.15, 0.2) is 22.7 Å². The summed E-state index contributed by atoms with van der Waals surface area (Å²) >= 11 is 3.39. The molecule has 0 fully saturated rings. The van der Waals surface area contributed by atoms with Crippen molar-refractivity contribution in [2.24, 2.45) is 5.73 Å². The maximum atomic E-state index is 13.0. The summed E-state index contributed by atoms with van der Waals surface area (Å²) in [5.41, 5.74) is 6.88. The van der Waals surface area contributed by atoms with Crippen molar-refractivity contribution in [2.45, 2.75) is 38.6 Å². The fraction of sp³-hybridized carbons (Fsp3) is 0.500. The molecule has 0 spiro atoms. The van der Waals surface area contributed by atoms with E-state index in [-0.39, 0.29) is 24.3 Å². The summed E-state index contributed by atoms with van der Waals surface area (Å²) in [6.07, 6.45) is 4.37. The highest BCUT2D eigenvalue weighted by Crippen LogP contribution is 2.26. The van der Waals surface area contributed by atoms with Crippen molar-refractivity contribution in [3.8, 4) is 0 Å². The molecule has 0 saturated carbocycles. The van der Waals surface area contributed by atoms with Gasteiger partial charge in [0, 0.05) is 10.5 Å². The predicted octanol–water partition coefficient (Wildman–Crippen LogP) is 4.59. The molecular formula is C12H18BrClFN. The van der Waals surface area contributed by atoms with Crippen LogP contribution in [0, 0.1) is 5.82 Å². The molecule has 0 aliphatic rings. The Hall–Kier alpha value is -0.120. The standard InChI is InChI=1S/C12H17BrFN.ClH/c1-2-3-4-5-12(15)10-8-9(14)6-7-11(10)13;/h6-8,12H,2-5,15H2,1H3;1H/t12-;/m1./s1. The largest absolute Gasteiger partial charge is 0.324 e. The lowest BCUT2D eigenvalue weighted by Crippen LogP contribution is -2.11. The van der Waals surface area contributed by atoms with E-state index < -0.39 is 0 Å². The van der Waals surface area contributed by atoms with E-state index in [4.69, 9.17) is 5.73 Å². The van der Waals surface area contributed by atoms with Crippen molar-refractivity contribution in [2.75, 3.05) is 0 Å². The molecule has 1 aromatic carbocycles. The molecule has 0 aliphatic heterocycles. The molecule has 1 aromatic rings. The van der Waals surface area contributed by atoms with Gasteiger partial charge in [0.05, 0.1) is 0 Å². The fourth-order valence-electron chi connectivity index (χ4n) is 1.57. The van der Waals surface area contributed by atoms with Gasteiger partial charge >= 0.3 is 0 Å². The number of rotatable bonds is 5. The number of benzene rings is 1. The lowest BCUT2D eigenvalue weighted by molar-refractivity contribution is 0.571. The summed E-state index contributed by atoms with van der Waals surface area (Å²) in [6.45, 7) is 2.16. The Morgan fingerprint density at radius 1 is 1.38 bits per heavy atom. The normalized spacial score (nSPS) is 12.0. The van der Waals surface area contributed by atoms with Gasteiger partial charge in [0.25, 0.3) is 0 Å². The van der Waals surface area contributed by atoms with E-state index in [1.54, 1.807) is 6.07 Å². The Bertz CT molecular complexity index is 320. The van der Waals surface area contributed by atoms with Crippen LogP contribution in [-0.2, 0) is 0 Å². The Morgan fingerprint density at radius 2 is 2.06 bits per heavy atom. The SMILES string of the molecule is CCCCC[C@@H](N)c1cc(F)ccc1Br.Cl. The van der Waals surface area contributed by atoms with Crippen molar-refractivity contribution >= 4 is 28.3 Å². The topological polar surface area (TPSA) is 26.0 Å². The number of halogens is 3. The molecule has 0 radical (unpaired) electrons. The minimum absolute atomic E-state index is 0. The quantitative estimate of drug-likeness (QED) is 0.791. The molecule has 0 aromatic heterocycles. The first kappa shape index (κ1) is 15.9. The third-order valence-electron chi connectivity index (χ3n) is 2.48. The van der Waals surface area contributed by atoms with Gasteiger partial charge in [-0.05, 0) is 30.2 Å². The molecule has 16 heavy (non-hydrogen) atoms. The lowest BCUT2D eigenvalue weighted by Gasteiger charge is -2.13. The zero-order valence-corrected chi connectivity index (χ0v) is 11.8. The van der Waals surface area contributed by atoms with Crippen LogP contribution in [0.5, 0.6) is 0 Å². The average molecular weight is 311 g/mol. The van der Waals surface area contributed by atoms with Crippen molar-refractivity contribution < 1.29 is 4.39 Å². The summed E-state index contributed by atoms with van der Waals surface area (Å²) in [7, 11) is 0. The van der Waals surface area contributed by atoms with Crippen LogP contribution < -0.4 is 5.73 Å². The minimum atomic E-state index is -0.223. The van der Waals surface area contributed by atoms with E-state index in [1.807, 2.05) is 0 Å². The predicted molar refractivity (Wildman–Crippen MR) is 72.4 cm³/mol. The van der Waals surface area contributed by atoms with Gasteiger partial charge < -0.3 is 5.73 Å². The molecule has 1 nitrogen and oxygen atoms in total. The van der Waals surface area contributed by atoms with Crippen LogP contribution >= 0.6 is 28.3 Å². The highest BCUT2D eigenvalue weighted by Gasteiger charge is 2.10. The molecule has 2 N–H and O–H groups in total. The molecule has 0 aliphatic carbocycles. The average Bonchev–Trinajstić information content (AvgIpc) is 2.22. The molecule has 1 atom stereocenters. The van der Waals surface area contributed by atoms with E-state index in [0.717, 1.165) is 22.9 Å². The molecule has 92 valence electrons. The number of hydrogen-bond donors (Lipinski definition) is 1. The third kappa shape index (κ3) is 4.81. The molecule has 0 bridgehead atoms. The fourth-order valence-corrected chi connectivity index (χ4v) is 2.11. The van der Waals surface area contributed by atoms with Gasteiger partial charge in [-0.3, -0.25) is 0 Å². The van der Waals surface area contributed by atoms with E-state index in [9.17, 15) is 4.39 Å². The first-order valence-electron chi connectivity index (χ1n) is 5.35. The summed E-state index contributed by atoms with van der Waals surface area (Å²) in [6, 6.07) is 4.60. The summed E-state index contributed by atoms with van der Waals surface area (Å²) in [5.74, 6) is -0.223. The molecule has 4 heteroatoms. The van der Waals surface area contributed by atoms with E-state index >= 15 is 0 Å². The van der Waals surface area contributed by atoms with Crippen molar-refractivity contribution in [1.82, 2.24) is 0 Å². The Morgan fingerprint density at radius 3 is 2.69 bits per heavy atom. The zero-order valence-electron chi connectivity index (χ0n) is 9.38. The summed E-state index contributed by atoms with van der Waals surface area (Å²) in [4.78, 5) is 0. The maximum Gasteiger partial charge on any atom is 0.123 e. The van der Waals surface area contributed by atoms with Crippen molar-refractivity contribution in [1.29, 1.82) is 0 Å². The summed E-state index contributed by atoms with van der Waals surface area (Å²) in [5, 5.41) is 0. The van der Waals surface area contributed by atoms with E-state index in [0.29, 0.717) is 0 Å². The van der Waals surface area contributed by atoms with Gasteiger partial charge in [-0.15, -0.1) is 12.4 Å².